The monoisotopic (exact) mass is 313 g/mol. The molecule has 0 aliphatic heterocycles. The van der Waals surface area contributed by atoms with Crippen LogP contribution in [0.5, 0.6) is 0 Å². The molecule has 1 aliphatic carbocycles. The largest absolute Gasteiger partial charge is 0.395 e. The molecule has 0 unspecified atom stereocenters. The second-order valence-electron chi connectivity index (χ2n) is 4.95. The molecule has 2 rings (SSSR count). The summed E-state index contributed by atoms with van der Waals surface area (Å²) in [5.74, 6) is -0.419. The highest BCUT2D eigenvalue weighted by molar-refractivity contribution is 6.32. The number of nitrogens with zero attached hydrogens (tertiary/aromatic N) is 3. The van der Waals surface area contributed by atoms with Gasteiger partial charge in [-0.2, -0.15) is 0 Å². The number of pyridine rings is 1. The number of aromatic nitrogens is 1. The van der Waals surface area contributed by atoms with Gasteiger partial charge in [-0.3, -0.25) is 14.9 Å². The summed E-state index contributed by atoms with van der Waals surface area (Å²) in [5, 5.41) is 19.9. The molecular weight excluding hydrogens is 298 g/mol. The van der Waals surface area contributed by atoms with Crippen molar-refractivity contribution in [2.24, 2.45) is 0 Å². The van der Waals surface area contributed by atoms with Crippen LogP contribution in [0.3, 0.4) is 0 Å². The molecule has 0 spiro atoms. The number of carbonyl (C=O) groups is 1. The van der Waals surface area contributed by atoms with Crippen LogP contribution in [-0.4, -0.2) is 45.0 Å². The average Bonchev–Trinajstić information content (AvgIpc) is 2.98. The Morgan fingerprint density at radius 2 is 2.19 bits per heavy atom. The van der Waals surface area contributed by atoms with Crippen molar-refractivity contribution in [3.63, 3.8) is 0 Å². The van der Waals surface area contributed by atoms with Gasteiger partial charge < -0.3 is 10.0 Å². The summed E-state index contributed by atoms with van der Waals surface area (Å²) in [5.41, 5.74) is -0.274. The Hall–Kier alpha value is -1.73. The lowest BCUT2D eigenvalue weighted by atomic mass is 10.1. The van der Waals surface area contributed by atoms with E-state index in [0.717, 1.165) is 37.9 Å². The number of aliphatic hydroxyl groups excluding tert-OH is 1. The van der Waals surface area contributed by atoms with Crippen LogP contribution in [0.15, 0.2) is 12.3 Å². The molecule has 114 valence electrons. The number of rotatable bonds is 5. The Morgan fingerprint density at radius 3 is 2.76 bits per heavy atom. The Bertz CT molecular complexity index is 546. The van der Waals surface area contributed by atoms with Crippen molar-refractivity contribution in [1.29, 1.82) is 0 Å². The summed E-state index contributed by atoms with van der Waals surface area (Å²) in [7, 11) is 0. The van der Waals surface area contributed by atoms with Gasteiger partial charge in [-0.1, -0.05) is 24.4 Å². The minimum Gasteiger partial charge on any atom is -0.395 e. The van der Waals surface area contributed by atoms with E-state index in [4.69, 9.17) is 16.7 Å². The van der Waals surface area contributed by atoms with E-state index >= 15 is 0 Å². The highest BCUT2D eigenvalue weighted by Crippen LogP contribution is 2.27. The Labute approximate surface area is 126 Å². The maximum absolute atomic E-state index is 12.6. The third-order valence-corrected chi connectivity index (χ3v) is 3.93. The van der Waals surface area contributed by atoms with Gasteiger partial charge in [0.25, 0.3) is 11.6 Å². The number of hydrogen-bond donors (Lipinski definition) is 1. The molecule has 8 heteroatoms. The molecule has 1 aromatic rings. The van der Waals surface area contributed by atoms with Crippen LogP contribution in [0, 0.1) is 10.1 Å². The number of carbonyl (C=O) groups excluding carboxylic acids is 1. The van der Waals surface area contributed by atoms with Crippen LogP contribution in [-0.2, 0) is 0 Å². The molecule has 0 atom stereocenters. The molecule has 1 fully saturated rings. The van der Waals surface area contributed by atoms with Crippen molar-refractivity contribution in [3.05, 3.63) is 33.1 Å². The maximum atomic E-state index is 12.6. The van der Waals surface area contributed by atoms with Crippen LogP contribution in [0.1, 0.15) is 36.0 Å². The predicted octanol–water partition coefficient (Wildman–Crippen LogP) is 2.02. The standard InChI is InChI=1S/C13H16ClN3O4/c14-12-11(7-10(8-15-12)17(20)21)13(19)16(5-6-18)9-3-1-2-4-9/h7-9,18H,1-6H2. The van der Waals surface area contributed by atoms with E-state index in [9.17, 15) is 14.9 Å². The summed E-state index contributed by atoms with van der Waals surface area (Å²) in [6.45, 7) is 0.0186. The molecule has 1 amide bonds. The van der Waals surface area contributed by atoms with Gasteiger partial charge >= 0.3 is 0 Å². The molecular formula is C13H16ClN3O4. The fourth-order valence-electron chi connectivity index (χ4n) is 2.62. The zero-order valence-corrected chi connectivity index (χ0v) is 12.1. The third kappa shape index (κ3) is 3.48. The second kappa shape index (κ2) is 6.82. The SMILES string of the molecule is O=C(c1cc([N+](=O)[O-])cnc1Cl)N(CCO)C1CCCC1. The molecule has 0 radical (unpaired) electrons. The van der Waals surface area contributed by atoms with Gasteiger partial charge in [-0.05, 0) is 12.8 Å². The number of hydrogen-bond acceptors (Lipinski definition) is 5. The van der Waals surface area contributed by atoms with Crippen LogP contribution >= 0.6 is 11.6 Å². The van der Waals surface area contributed by atoms with Crippen molar-refractivity contribution in [2.75, 3.05) is 13.2 Å². The number of amides is 1. The Kier molecular flexibility index (Phi) is 5.08. The summed E-state index contributed by atoms with van der Waals surface area (Å²) in [6.07, 6.45) is 4.81. The Balaban J connectivity index is 2.31. The lowest BCUT2D eigenvalue weighted by Gasteiger charge is -2.28. The highest BCUT2D eigenvalue weighted by Gasteiger charge is 2.29. The van der Waals surface area contributed by atoms with E-state index in [0.29, 0.717) is 0 Å². The Morgan fingerprint density at radius 1 is 1.52 bits per heavy atom. The van der Waals surface area contributed by atoms with Crippen molar-refractivity contribution < 1.29 is 14.8 Å². The van der Waals surface area contributed by atoms with Gasteiger partial charge in [0.15, 0.2) is 0 Å². The number of halogens is 1. The van der Waals surface area contributed by atoms with E-state index in [1.165, 1.54) is 0 Å². The van der Waals surface area contributed by atoms with Crippen LogP contribution in [0.2, 0.25) is 5.15 Å². The van der Waals surface area contributed by atoms with E-state index in [-0.39, 0.29) is 35.6 Å². The lowest BCUT2D eigenvalue weighted by Crippen LogP contribution is -2.41. The number of nitro groups is 1. The summed E-state index contributed by atoms with van der Waals surface area (Å²) >= 11 is 5.90. The lowest BCUT2D eigenvalue weighted by molar-refractivity contribution is -0.385. The van der Waals surface area contributed by atoms with E-state index in [1.807, 2.05) is 0 Å². The van der Waals surface area contributed by atoms with Crippen molar-refractivity contribution in [1.82, 2.24) is 9.88 Å². The number of aliphatic hydroxyl groups is 1. The molecule has 1 saturated carbocycles. The topological polar surface area (TPSA) is 96.6 Å². The van der Waals surface area contributed by atoms with Crippen molar-refractivity contribution in [3.8, 4) is 0 Å². The quantitative estimate of drug-likeness (QED) is 0.509. The first-order valence-electron chi connectivity index (χ1n) is 6.76. The normalized spacial score (nSPS) is 15.1. The highest BCUT2D eigenvalue weighted by atomic mass is 35.5. The van der Waals surface area contributed by atoms with E-state index < -0.39 is 10.8 Å². The van der Waals surface area contributed by atoms with Gasteiger partial charge in [0, 0.05) is 18.7 Å². The summed E-state index contributed by atoms with van der Waals surface area (Å²) < 4.78 is 0. The maximum Gasteiger partial charge on any atom is 0.288 e. The second-order valence-corrected chi connectivity index (χ2v) is 5.31. The first kappa shape index (κ1) is 15.7. The molecule has 0 bridgehead atoms. The molecule has 1 aliphatic rings. The van der Waals surface area contributed by atoms with Crippen LogP contribution in [0.4, 0.5) is 5.69 Å². The minimum atomic E-state index is -0.619. The van der Waals surface area contributed by atoms with Gasteiger partial charge in [-0.25, -0.2) is 4.98 Å². The molecule has 1 N–H and O–H groups in total. The van der Waals surface area contributed by atoms with Crippen molar-refractivity contribution in [2.45, 2.75) is 31.7 Å². The third-order valence-electron chi connectivity index (χ3n) is 3.63. The zero-order chi connectivity index (χ0) is 15.4. The summed E-state index contributed by atoms with van der Waals surface area (Å²) in [6, 6.07) is 1.18. The van der Waals surface area contributed by atoms with Gasteiger partial charge in [0.2, 0.25) is 0 Å². The van der Waals surface area contributed by atoms with Crippen LogP contribution < -0.4 is 0 Å². The van der Waals surface area contributed by atoms with Crippen LogP contribution in [0.25, 0.3) is 0 Å². The summed E-state index contributed by atoms with van der Waals surface area (Å²) in [4.78, 5) is 28.0. The fourth-order valence-corrected chi connectivity index (χ4v) is 2.80. The first-order valence-corrected chi connectivity index (χ1v) is 7.14. The molecule has 0 aromatic carbocycles. The first-order chi connectivity index (χ1) is 10.0. The molecule has 1 aromatic heterocycles. The smallest absolute Gasteiger partial charge is 0.288 e. The molecule has 7 nitrogen and oxygen atoms in total. The molecule has 0 saturated heterocycles. The fraction of sp³-hybridized carbons (Fsp3) is 0.538. The molecule has 1 heterocycles. The van der Waals surface area contributed by atoms with Gasteiger partial charge in [0.05, 0.1) is 17.1 Å². The van der Waals surface area contributed by atoms with Gasteiger partial charge in [-0.15, -0.1) is 0 Å². The minimum absolute atomic E-state index is 0.00576. The van der Waals surface area contributed by atoms with Gasteiger partial charge in [0.1, 0.15) is 11.3 Å². The molecule has 21 heavy (non-hydrogen) atoms. The average molecular weight is 314 g/mol. The van der Waals surface area contributed by atoms with Crippen molar-refractivity contribution >= 4 is 23.2 Å². The zero-order valence-electron chi connectivity index (χ0n) is 11.4. The van der Waals surface area contributed by atoms with E-state index in [2.05, 4.69) is 4.98 Å². The van der Waals surface area contributed by atoms with E-state index in [1.54, 1.807) is 4.90 Å². The predicted molar refractivity (Wildman–Crippen MR) is 76.3 cm³/mol.